The van der Waals surface area contributed by atoms with E-state index in [2.05, 4.69) is 39.9 Å². The summed E-state index contributed by atoms with van der Waals surface area (Å²) in [5.41, 5.74) is 8.22. The molecule has 2 heterocycles. The molecule has 5 heteroatoms. The van der Waals surface area contributed by atoms with Crippen LogP contribution in [0.5, 0.6) is 0 Å². The van der Waals surface area contributed by atoms with Crippen LogP contribution in [-0.2, 0) is 0 Å². The molecule has 0 saturated carbocycles. The SMILES string of the molecule is CC(C)n1nccc1C(N)c1cncc(Br)c1. The number of nitrogens with two attached hydrogens (primary N) is 1. The molecule has 2 rings (SSSR count). The monoisotopic (exact) mass is 294 g/mol. The average Bonchev–Trinajstić information content (AvgIpc) is 2.77. The maximum atomic E-state index is 6.25. The molecule has 90 valence electrons. The molecular weight excluding hydrogens is 280 g/mol. The van der Waals surface area contributed by atoms with Gasteiger partial charge in [0.1, 0.15) is 0 Å². The lowest BCUT2D eigenvalue weighted by molar-refractivity contribution is 0.499. The van der Waals surface area contributed by atoms with E-state index in [1.54, 1.807) is 18.6 Å². The van der Waals surface area contributed by atoms with E-state index in [1.807, 2.05) is 16.8 Å². The average molecular weight is 295 g/mol. The smallest absolute Gasteiger partial charge is 0.0738 e. The summed E-state index contributed by atoms with van der Waals surface area (Å²) in [6.45, 7) is 4.17. The van der Waals surface area contributed by atoms with Crippen LogP contribution >= 0.6 is 15.9 Å². The van der Waals surface area contributed by atoms with Crippen molar-refractivity contribution in [3.05, 3.63) is 46.5 Å². The highest BCUT2D eigenvalue weighted by Crippen LogP contribution is 2.23. The number of rotatable bonds is 3. The number of aromatic nitrogens is 3. The lowest BCUT2D eigenvalue weighted by Crippen LogP contribution is -2.18. The van der Waals surface area contributed by atoms with Gasteiger partial charge >= 0.3 is 0 Å². The lowest BCUT2D eigenvalue weighted by atomic mass is 10.1. The van der Waals surface area contributed by atoms with Gasteiger partial charge in [-0.15, -0.1) is 0 Å². The van der Waals surface area contributed by atoms with Gasteiger partial charge in [0.15, 0.2) is 0 Å². The summed E-state index contributed by atoms with van der Waals surface area (Å²) in [7, 11) is 0. The summed E-state index contributed by atoms with van der Waals surface area (Å²) in [4.78, 5) is 4.13. The third-order valence-corrected chi connectivity index (χ3v) is 3.03. The predicted octanol–water partition coefficient (Wildman–Crippen LogP) is 2.67. The van der Waals surface area contributed by atoms with Crippen LogP contribution in [0, 0.1) is 0 Å². The quantitative estimate of drug-likeness (QED) is 0.947. The van der Waals surface area contributed by atoms with Crippen LogP contribution in [0.2, 0.25) is 0 Å². The minimum atomic E-state index is -0.204. The maximum Gasteiger partial charge on any atom is 0.0738 e. The number of nitrogens with zero attached hydrogens (tertiary/aromatic N) is 3. The molecule has 0 spiro atoms. The van der Waals surface area contributed by atoms with Gasteiger partial charge in [-0.1, -0.05) is 0 Å². The van der Waals surface area contributed by atoms with Crippen LogP contribution < -0.4 is 5.73 Å². The first kappa shape index (κ1) is 12.3. The Morgan fingerprint density at radius 2 is 2.12 bits per heavy atom. The van der Waals surface area contributed by atoms with Crippen molar-refractivity contribution in [3.63, 3.8) is 0 Å². The zero-order valence-corrected chi connectivity index (χ0v) is 11.4. The molecule has 4 nitrogen and oxygen atoms in total. The van der Waals surface area contributed by atoms with Gasteiger partial charge < -0.3 is 5.73 Å². The van der Waals surface area contributed by atoms with Gasteiger partial charge in [-0.05, 0) is 47.5 Å². The standard InChI is InChI=1S/C12H15BrN4/c1-8(2)17-11(3-4-16-17)12(14)9-5-10(13)7-15-6-9/h3-8,12H,14H2,1-2H3. The Morgan fingerprint density at radius 1 is 1.35 bits per heavy atom. The Morgan fingerprint density at radius 3 is 2.76 bits per heavy atom. The van der Waals surface area contributed by atoms with Gasteiger partial charge in [0.05, 0.1) is 11.7 Å². The molecular formula is C12H15BrN4. The molecule has 0 radical (unpaired) electrons. The highest BCUT2D eigenvalue weighted by molar-refractivity contribution is 9.10. The second-order valence-corrected chi connectivity index (χ2v) is 5.12. The van der Waals surface area contributed by atoms with Crippen LogP contribution in [-0.4, -0.2) is 14.8 Å². The van der Waals surface area contributed by atoms with Crippen molar-refractivity contribution in [2.45, 2.75) is 25.9 Å². The highest BCUT2D eigenvalue weighted by atomic mass is 79.9. The topological polar surface area (TPSA) is 56.7 Å². The first-order valence-corrected chi connectivity index (χ1v) is 6.28. The summed E-state index contributed by atoms with van der Waals surface area (Å²) >= 11 is 3.40. The Hall–Kier alpha value is -1.20. The fourth-order valence-corrected chi connectivity index (χ4v) is 2.15. The molecule has 1 atom stereocenters. The first-order chi connectivity index (χ1) is 8.09. The molecule has 0 fully saturated rings. The Bertz CT molecular complexity index is 507. The van der Waals surface area contributed by atoms with Gasteiger partial charge in [0.25, 0.3) is 0 Å². The molecule has 2 aromatic heterocycles. The number of hydrogen-bond donors (Lipinski definition) is 1. The second-order valence-electron chi connectivity index (χ2n) is 4.21. The van der Waals surface area contributed by atoms with Crippen molar-refractivity contribution in [1.82, 2.24) is 14.8 Å². The second kappa shape index (κ2) is 4.98. The zero-order valence-electron chi connectivity index (χ0n) is 9.84. The van der Waals surface area contributed by atoms with E-state index in [9.17, 15) is 0 Å². The molecule has 2 N–H and O–H groups in total. The number of hydrogen-bond acceptors (Lipinski definition) is 3. The molecule has 0 amide bonds. The van der Waals surface area contributed by atoms with Gasteiger partial charge in [0.2, 0.25) is 0 Å². The largest absolute Gasteiger partial charge is 0.319 e. The van der Waals surface area contributed by atoms with Crippen molar-refractivity contribution in [1.29, 1.82) is 0 Å². The third-order valence-electron chi connectivity index (χ3n) is 2.59. The van der Waals surface area contributed by atoms with E-state index in [4.69, 9.17) is 5.73 Å². The van der Waals surface area contributed by atoms with Crippen LogP contribution in [0.1, 0.15) is 37.2 Å². The van der Waals surface area contributed by atoms with Gasteiger partial charge in [-0.25, -0.2) is 0 Å². The van der Waals surface area contributed by atoms with Crippen molar-refractivity contribution in [3.8, 4) is 0 Å². The Kier molecular flexibility index (Phi) is 3.59. The van der Waals surface area contributed by atoms with Gasteiger partial charge in [-0.2, -0.15) is 5.10 Å². The summed E-state index contributed by atoms with van der Waals surface area (Å²) in [5.74, 6) is 0. The summed E-state index contributed by atoms with van der Waals surface area (Å²) < 4.78 is 2.87. The van der Waals surface area contributed by atoms with E-state index < -0.39 is 0 Å². The first-order valence-electron chi connectivity index (χ1n) is 5.49. The van der Waals surface area contributed by atoms with Crippen LogP contribution in [0.15, 0.2) is 35.2 Å². The summed E-state index contributed by atoms with van der Waals surface area (Å²) in [6.07, 6.45) is 5.31. The fraction of sp³-hybridized carbons (Fsp3) is 0.333. The van der Waals surface area contributed by atoms with Crippen molar-refractivity contribution in [2.24, 2.45) is 5.73 Å². The molecule has 0 aliphatic carbocycles. The van der Waals surface area contributed by atoms with Gasteiger partial charge in [0, 0.05) is 29.1 Å². The molecule has 0 bridgehead atoms. The summed E-state index contributed by atoms with van der Waals surface area (Å²) in [6, 6.07) is 4.03. The minimum absolute atomic E-state index is 0.204. The number of halogens is 1. The zero-order chi connectivity index (χ0) is 12.4. The summed E-state index contributed by atoms with van der Waals surface area (Å²) in [5, 5.41) is 4.29. The maximum absolute atomic E-state index is 6.25. The van der Waals surface area contributed by atoms with E-state index in [0.717, 1.165) is 15.7 Å². The highest BCUT2D eigenvalue weighted by Gasteiger charge is 2.15. The Balaban J connectivity index is 2.37. The molecule has 0 saturated heterocycles. The van der Waals surface area contributed by atoms with Crippen molar-refractivity contribution < 1.29 is 0 Å². The molecule has 0 aliphatic rings. The van der Waals surface area contributed by atoms with Gasteiger partial charge in [-0.3, -0.25) is 9.67 Å². The van der Waals surface area contributed by atoms with Crippen LogP contribution in [0.3, 0.4) is 0 Å². The lowest BCUT2D eigenvalue weighted by Gasteiger charge is -2.16. The normalized spacial score (nSPS) is 13.0. The fourth-order valence-electron chi connectivity index (χ4n) is 1.77. The Labute approximate surface area is 109 Å². The molecule has 0 aromatic carbocycles. The molecule has 2 aromatic rings. The van der Waals surface area contributed by atoms with E-state index in [-0.39, 0.29) is 6.04 Å². The predicted molar refractivity (Wildman–Crippen MR) is 70.6 cm³/mol. The van der Waals surface area contributed by atoms with E-state index in [0.29, 0.717) is 6.04 Å². The van der Waals surface area contributed by atoms with E-state index >= 15 is 0 Å². The van der Waals surface area contributed by atoms with Crippen molar-refractivity contribution in [2.75, 3.05) is 0 Å². The van der Waals surface area contributed by atoms with E-state index in [1.165, 1.54) is 0 Å². The third kappa shape index (κ3) is 2.56. The molecule has 17 heavy (non-hydrogen) atoms. The molecule has 1 unspecified atom stereocenters. The van der Waals surface area contributed by atoms with Crippen LogP contribution in [0.25, 0.3) is 0 Å². The minimum Gasteiger partial charge on any atom is -0.319 e. The molecule has 0 aliphatic heterocycles. The van der Waals surface area contributed by atoms with Crippen molar-refractivity contribution >= 4 is 15.9 Å². The van der Waals surface area contributed by atoms with Crippen LogP contribution in [0.4, 0.5) is 0 Å². The number of pyridine rings is 1.